The molecule has 0 bridgehead atoms. The summed E-state index contributed by atoms with van der Waals surface area (Å²) in [4.78, 5) is 39.6. The summed E-state index contributed by atoms with van der Waals surface area (Å²) in [6, 6.07) is 8.68. The third kappa shape index (κ3) is 4.65. The van der Waals surface area contributed by atoms with Crippen LogP contribution in [0.4, 0.5) is 4.79 Å². The Morgan fingerprint density at radius 1 is 1.22 bits per heavy atom. The van der Waals surface area contributed by atoms with Crippen molar-refractivity contribution in [1.82, 2.24) is 14.9 Å². The number of amides is 2. The summed E-state index contributed by atoms with van der Waals surface area (Å²) in [5, 5.41) is 1.86. The maximum Gasteiger partial charge on any atom is 0.290 e. The van der Waals surface area contributed by atoms with Crippen LogP contribution >= 0.6 is 11.8 Å². The van der Waals surface area contributed by atoms with Crippen LogP contribution in [0.2, 0.25) is 0 Å². The van der Waals surface area contributed by atoms with Crippen molar-refractivity contribution in [2.24, 2.45) is 0 Å². The van der Waals surface area contributed by atoms with Gasteiger partial charge in [-0.25, -0.2) is 4.98 Å². The molecule has 2 aromatic rings. The molecular weight excluding hydrogens is 366 g/mol. The number of hydrogen-bond acceptors (Lipinski definition) is 6. The molecule has 1 fully saturated rings. The van der Waals surface area contributed by atoms with Crippen LogP contribution in [0.3, 0.4) is 0 Å². The normalized spacial score (nSPS) is 15.3. The van der Waals surface area contributed by atoms with E-state index in [0.29, 0.717) is 30.2 Å². The molecule has 7 nitrogen and oxygen atoms in total. The maximum absolute atomic E-state index is 12.1. The lowest BCUT2D eigenvalue weighted by molar-refractivity contribution is -0.115. The lowest BCUT2D eigenvalue weighted by atomic mass is 10.2. The van der Waals surface area contributed by atoms with Crippen molar-refractivity contribution in [3.8, 4) is 5.75 Å². The van der Waals surface area contributed by atoms with Gasteiger partial charge in [0.25, 0.3) is 16.7 Å². The van der Waals surface area contributed by atoms with Gasteiger partial charge < -0.3 is 4.74 Å². The second-order valence-corrected chi connectivity index (χ2v) is 6.94. The number of carbonyl (C=O) groups excluding carboxylic acids is 2. The molecular formula is C19H19N3O4S. The molecule has 2 amide bonds. The molecule has 1 aliphatic heterocycles. The van der Waals surface area contributed by atoms with Crippen LogP contribution < -0.4 is 15.6 Å². The summed E-state index contributed by atoms with van der Waals surface area (Å²) in [5.41, 5.74) is 1.43. The molecule has 2 heterocycles. The van der Waals surface area contributed by atoms with Gasteiger partial charge in [0.05, 0.1) is 11.4 Å². The number of benzene rings is 1. The highest BCUT2D eigenvalue weighted by molar-refractivity contribution is 8.18. The molecule has 27 heavy (non-hydrogen) atoms. The average Bonchev–Trinajstić information content (AvgIpc) is 2.95. The van der Waals surface area contributed by atoms with Gasteiger partial charge in [-0.05, 0) is 42.5 Å². The zero-order valence-corrected chi connectivity index (χ0v) is 15.8. The lowest BCUT2D eigenvalue weighted by Crippen LogP contribution is -2.27. The monoisotopic (exact) mass is 385 g/mol. The number of nitrogens with zero attached hydrogens (tertiary/aromatic N) is 2. The number of thioether (sulfide) groups is 1. The van der Waals surface area contributed by atoms with Gasteiger partial charge in [-0.15, -0.1) is 0 Å². The quantitative estimate of drug-likeness (QED) is 0.769. The van der Waals surface area contributed by atoms with Crippen LogP contribution in [0.25, 0.3) is 6.08 Å². The Kier molecular flexibility index (Phi) is 5.75. The third-order valence-corrected chi connectivity index (χ3v) is 4.75. The summed E-state index contributed by atoms with van der Waals surface area (Å²) in [7, 11) is 0. The van der Waals surface area contributed by atoms with E-state index in [-0.39, 0.29) is 16.7 Å². The van der Waals surface area contributed by atoms with Crippen molar-refractivity contribution < 1.29 is 14.3 Å². The Morgan fingerprint density at radius 2 is 1.96 bits per heavy atom. The molecule has 0 radical (unpaired) electrons. The highest BCUT2D eigenvalue weighted by atomic mass is 32.2. The van der Waals surface area contributed by atoms with E-state index in [1.807, 2.05) is 13.8 Å². The van der Waals surface area contributed by atoms with Crippen molar-refractivity contribution in [2.45, 2.75) is 26.8 Å². The fraction of sp³-hybridized carbons (Fsp3) is 0.263. The van der Waals surface area contributed by atoms with Gasteiger partial charge in [-0.2, -0.15) is 0 Å². The third-order valence-electron chi connectivity index (χ3n) is 3.94. The number of aromatic nitrogens is 2. The van der Waals surface area contributed by atoms with E-state index in [0.717, 1.165) is 28.8 Å². The van der Waals surface area contributed by atoms with Gasteiger partial charge in [0.15, 0.2) is 0 Å². The van der Waals surface area contributed by atoms with Crippen LogP contribution in [0, 0.1) is 6.92 Å². The van der Waals surface area contributed by atoms with E-state index in [4.69, 9.17) is 4.74 Å². The molecule has 1 saturated heterocycles. The molecule has 1 N–H and O–H groups in total. The van der Waals surface area contributed by atoms with Gasteiger partial charge in [0.1, 0.15) is 18.2 Å². The number of aryl methyl sites for hydroxylation is 2. The number of nitrogens with one attached hydrogen (secondary N) is 1. The minimum Gasteiger partial charge on any atom is -0.492 e. The van der Waals surface area contributed by atoms with Crippen molar-refractivity contribution in [3.63, 3.8) is 0 Å². The summed E-state index contributed by atoms with van der Waals surface area (Å²) in [6.45, 7) is 4.52. The Labute approximate surface area is 160 Å². The van der Waals surface area contributed by atoms with Gasteiger partial charge >= 0.3 is 0 Å². The molecule has 1 aromatic carbocycles. The first kappa shape index (κ1) is 18.9. The van der Waals surface area contributed by atoms with Crippen LogP contribution in [-0.4, -0.2) is 27.3 Å². The molecule has 1 aliphatic rings. The smallest absolute Gasteiger partial charge is 0.290 e. The minimum atomic E-state index is -0.380. The summed E-state index contributed by atoms with van der Waals surface area (Å²) in [5.74, 6) is 1.02. The van der Waals surface area contributed by atoms with Crippen molar-refractivity contribution in [3.05, 3.63) is 62.7 Å². The highest BCUT2D eigenvalue weighted by Crippen LogP contribution is 2.26. The number of carbonyl (C=O) groups is 2. The van der Waals surface area contributed by atoms with Crippen molar-refractivity contribution in [1.29, 1.82) is 0 Å². The number of imide groups is 1. The number of hydrogen-bond donors (Lipinski definition) is 1. The van der Waals surface area contributed by atoms with Crippen LogP contribution in [0.5, 0.6) is 5.75 Å². The predicted molar refractivity (Wildman–Crippen MR) is 104 cm³/mol. The van der Waals surface area contributed by atoms with Gasteiger partial charge in [-0.3, -0.25) is 24.3 Å². The van der Waals surface area contributed by atoms with E-state index in [9.17, 15) is 14.4 Å². The first-order valence-corrected chi connectivity index (χ1v) is 9.33. The fourth-order valence-electron chi connectivity index (χ4n) is 2.68. The van der Waals surface area contributed by atoms with Gasteiger partial charge in [0.2, 0.25) is 0 Å². The SMILES string of the molecule is CCc1nc(C)cc(=O)n1CCOc1ccc(/C=C2/SC(=O)NC2=O)cc1. The molecule has 140 valence electrons. The van der Waals surface area contributed by atoms with E-state index >= 15 is 0 Å². The molecule has 0 atom stereocenters. The van der Waals surface area contributed by atoms with Crippen LogP contribution in [0.1, 0.15) is 24.0 Å². The number of ether oxygens (including phenoxy) is 1. The summed E-state index contributed by atoms with van der Waals surface area (Å²) < 4.78 is 7.33. The molecule has 0 spiro atoms. The van der Waals surface area contributed by atoms with Crippen LogP contribution in [0.15, 0.2) is 40.0 Å². The van der Waals surface area contributed by atoms with Crippen molar-refractivity contribution >= 4 is 29.0 Å². The van der Waals surface area contributed by atoms with E-state index in [1.165, 1.54) is 6.07 Å². The fourth-order valence-corrected chi connectivity index (χ4v) is 3.36. The largest absolute Gasteiger partial charge is 0.492 e. The first-order chi connectivity index (χ1) is 13.0. The molecule has 1 aromatic heterocycles. The van der Waals surface area contributed by atoms with E-state index in [1.54, 1.807) is 34.9 Å². The van der Waals surface area contributed by atoms with Gasteiger partial charge in [-0.1, -0.05) is 19.1 Å². The first-order valence-electron chi connectivity index (χ1n) is 8.51. The summed E-state index contributed by atoms with van der Waals surface area (Å²) in [6.07, 6.45) is 2.33. The zero-order chi connectivity index (χ0) is 19.4. The molecule has 0 saturated carbocycles. The lowest BCUT2D eigenvalue weighted by Gasteiger charge is -2.12. The second kappa shape index (κ2) is 8.22. The average molecular weight is 385 g/mol. The zero-order valence-electron chi connectivity index (χ0n) is 15.0. The second-order valence-electron chi connectivity index (χ2n) is 5.93. The molecule has 3 rings (SSSR count). The molecule has 0 aliphatic carbocycles. The topological polar surface area (TPSA) is 90.3 Å². The molecule has 0 unspecified atom stereocenters. The van der Waals surface area contributed by atoms with E-state index < -0.39 is 0 Å². The van der Waals surface area contributed by atoms with Crippen molar-refractivity contribution in [2.75, 3.05) is 6.61 Å². The Hall–Kier alpha value is -2.87. The molecule has 8 heteroatoms. The van der Waals surface area contributed by atoms with Crippen LogP contribution in [-0.2, 0) is 17.8 Å². The summed E-state index contributed by atoms with van der Waals surface area (Å²) >= 11 is 0.882. The Morgan fingerprint density at radius 3 is 2.59 bits per heavy atom. The highest BCUT2D eigenvalue weighted by Gasteiger charge is 2.24. The Balaban J connectivity index is 1.62. The maximum atomic E-state index is 12.1. The Bertz CT molecular complexity index is 964. The van der Waals surface area contributed by atoms with E-state index in [2.05, 4.69) is 10.3 Å². The predicted octanol–water partition coefficient (Wildman–Crippen LogP) is 2.52. The van der Waals surface area contributed by atoms with Gasteiger partial charge in [0, 0.05) is 18.2 Å². The number of rotatable bonds is 6. The minimum absolute atomic E-state index is 0.0770. The standard InChI is InChI=1S/C19H19N3O4S/c1-3-16-20-12(2)10-17(23)22(16)8-9-26-14-6-4-13(5-7-14)11-15-18(24)21-19(25)27-15/h4-7,10-11H,3,8-9H2,1-2H3,(H,21,24,25)/b15-11+.